The summed E-state index contributed by atoms with van der Waals surface area (Å²) in [6.07, 6.45) is 5.54. The number of anilines is 1. The summed E-state index contributed by atoms with van der Waals surface area (Å²) in [5.41, 5.74) is 5.31. The number of aromatic nitrogens is 4. The average Bonchev–Trinajstić information content (AvgIpc) is 3.62. The molecule has 3 aliphatic heterocycles. The van der Waals surface area contributed by atoms with E-state index in [0.717, 1.165) is 57.9 Å². The van der Waals surface area contributed by atoms with Gasteiger partial charge in [0.1, 0.15) is 24.4 Å². The van der Waals surface area contributed by atoms with Crippen LogP contribution in [0.15, 0.2) is 36.3 Å². The Kier molecular flexibility index (Phi) is 6.20. The number of rotatable bonds is 5. The second-order valence-electron chi connectivity index (χ2n) is 11.4. The van der Waals surface area contributed by atoms with Crippen LogP contribution in [-0.2, 0) is 0 Å². The summed E-state index contributed by atoms with van der Waals surface area (Å²) in [4.78, 5) is 13.7. The van der Waals surface area contributed by atoms with Gasteiger partial charge in [-0.2, -0.15) is 15.1 Å². The van der Waals surface area contributed by atoms with Crippen LogP contribution in [0.5, 0.6) is 6.01 Å². The standard InChI is InChI=1S/C30H31ClF2N6O/c1-17-9-26-23(13-34-37-26)27(18(17)2)21-11-25-22(10-24(21)31)28(38-7-3-5-19(32)14-38)36-29(35-25)40-16-30-6-4-8-39(30)15-20(33)12-30/h5,9-11,13,20H,3-4,6-8,12,14-16H2,1-2H3,(H,34,37). The van der Waals surface area contributed by atoms with Gasteiger partial charge in [0.05, 0.1) is 29.3 Å². The van der Waals surface area contributed by atoms with Crippen molar-refractivity contribution < 1.29 is 13.5 Å². The van der Waals surface area contributed by atoms with Gasteiger partial charge < -0.3 is 9.64 Å². The monoisotopic (exact) mass is 564 g/mol. The van der Waals surface area contributed by atoms with E-state index in [2.05, 4.69) is 35.0 Å². The van der Waals surface area contributed by atoms with E-state index in [1.807, 2.05) is 23.2 Å². The summed E-state index contributed by atoms with van der Waals surface area (Å²) in [6.45, 7) is 6.53. The molecule has 208 valence electrons. The fourth-order valence-electron chi connectivity index (χ4n) is 6.82. The van der Waals surface area contributed by atoms with Crippen LogP contribution >= 0.6 is 11.6 Å². The van der Waals surface area contributed by atoms with Gasteiger partial charge in [-0.05, 0) is 80.6 Å². The Morgan fingerprint density at radius 1 is 1.18 bits per heavy atom. The van der Waals surface area contributed by atoms with E-state index in [0.29, 0.717) is 48.9 Å². The Morgan fingerprint density at radius 2 is 2.05 bits per heavy atom. The molecular formula is C30H31ClF2N6O. The second-order valence-corrected chi connectivity index (χ2v) is 11.8. The average molecular weight is 565 g/mol. The molecule has 2 aromatic heterocycles. The second kappa shape index (κ2) is 9.66. The van der Waals surface area contributed by atoms with Gasteiger partial charge in [0.25, 0.3) is 0 Å². The van der Waals surface area contributed by atoms with Gasteiger partial charge in [-0.1, -0.05) is 11.6 Å². The van der Waals surface area contributed by atoms with E-state index in [1.165, 1.54) is 0 Å². The molecule has 0 radical (unpaired) electrons. The molecule has 2 fully saturated rings. The van der Waals surface area contributed by atoms with Crippen LogP contribution in [0.4, 0.5) is 14.6 Å². The minimum absolute atomic E-state index is 0.124. The third-order valence-corrected chi connectivity index (χ3v) is 9.23. The molecule has 0 aliphatic carbocycles. The third-order valence-electron chi connectivity index (χ3n) is 8.92. The first-order chi connectivity index (χ1) is 19.3. The van der Waals surface area contributed by atoms with Crippen molar-refractivity contribution in [3.8, 4) is 17.1 Å². The number of aromatic amines is 1. The topological polar surface area (TPSA) is 70.2 Å². The van der Waals surface area contributed by atoms with Crippen LogP contribution in [0, 0.1) is 13.8 Å². The zero-order chi connectivity index (χ0) is 27.6. The molecule has 2 atom stereocenters. The Bertz CT molecular complexity index is 1670. The lowest BCUT2D eigenvalue weighted by atomic mass is 9.93. The van der Waals surface area contributed by atoms with Crippen molar-refractivity contribution in [2.45, 2.75) is 51.2 Å². The van der Waals surface area contributed by atoms with Crippen LogP contribution in [0.3, 0.4) is 0 Å². The maximum atomic E-state index is 14.4. The summed E-state index contributed by atoms with van der Waals surface area (Å²) in [7, 11) is 0. The number of nitrogens with zero attached hydrogens (tertiary/aromatic N) is 5. The predicted octanol–water partition coefficient (Wildman–Crippen LogP) is 6.46. The minimum atomic E-state index is -0.845. The molecule has 2 saturated heterocycles. The number of fused-ring (bicyclic) bond motifs is 3. The molecule has 7 nitrogen and oxygen atoms in total. The molecule has 10 heteroatoms. The fourth-order valence-corrected chi connectivity index (χ4v) is 7.08. The SMILES string of the molecule is Cc1cc2[nH]ncc2c(-c2cc3nc(OCC45CCCN4CC(F)C5)nc(N4CCC=C(F)C4)c3cc2Cl)c1C. The first kappa shape index (κ1) is 25.7. The molecule has 40 heavy (non-hydrogen) atoms. The first-order valence-electron chi connectivity index (χ1n) is 13.9. The molecule has 3 aliphatic rings. The zero-order valence-corrected chi connectivity index (χ0v) is 23.4. The van der Waals surface area contributed by atoms with Crippen LogP contribution in [0.2, 0.25) is 5.02 Å². The molecule has 0 spiro atoms. The van der Waals surface area contributed by atoms with Crippen molar-refractivity contribution in [1.29, 1.82) is 0 Å². The summed E-state index contributed by atoms with van der Waals surface area (Å²) >= 11 is 6.97. The zero-order valence-electron chi connectivity index (χ0n) is 22.6. The molecule has 0 saturated carbocycles. The highest BCUT2D eigenvalue weighted by molar-refractivity contribution is 6.35. The Hall–Kier alpha value is -3.30. The molecule has 7 rings (SSSR count). The number of nitrogens with one attached hydrogen (secondary N) is 1. The van der Waals surface area contributed by atoms with Crippen molar-refractivity contribution in [1.82, 2.24) is 25.1 Å². The van der Waals surface area contributed by atoms with Crippen LogP contribution in [0.25, 0.3) is 32.9 Å². The van der Waals surface area contributed by atoms with Crippen molar-refractivity contribution >= 4 is 39.2 Å². The number of ether oxygens (including phenoxy) is 1. The van der Waals surface area contributed by atoms with Crippen molar-refractivity contribution in [2.24, 2.45) is 0 Å². The number of alkyl halides is 1. The lowest BCUT2D eigenvalue weighted by molar-refractivity contribution is 0.107. The first-order valence-corrected chi connectivity index (χ1v) is 14.3. The van der Waals surface area contributed by atoms with E-state index < -0.39 is 6.17 Å². The number of hydrogen-bond acceptors (Lipinski definition) is 6. The maximum absolute atomic E-state index is 14.4. The van der Waals surface area contributed by atoms with Crippen LogP contribution in [-0.4, -0.2) is 69.6 Å². The van der Waals surface area contributed by atoms with E-state index in [1.54, 1.807) is 6.08 Å². The van der Waals surface area contributed by atoms with Crippen molar-refractivity contribution in [3.63, 3.8) is 0 Å². The molecular weight excluding hydrogens is 534 g/mol. The molecule has 0 bridgehead atoms. The van der Waals surface area contributed by atoms with Gasteiger partial charge in [-0.15, -0.1) is 0 Å². The highest BCUT2D eigenvalue weighted by atomic mass is 35.5. The van der Waals surface area contributed by atoms with E-state index >= 15 is 0 Å². The smallest absolute Gasteiger partial charge is 0.319 e. The van der Waals surface area contributed by atoms with Crippen LogP contribution < -0.4 is 9.64 Å². The number of halogens is 3. The van der Waals surface area contributed by atoms with Crippen molar-refractivity contribution in [2.75, 3.05) is 37.7 Å². The Morgan fingerprint density at radius 3 is 2.90 bits per heavy atom. The van der Waals surface area contributed by atoms with E-state index in [-0.39, 0.29) is 23.9 Å². The van der Waals surface area contributed by atoms with Gasteiger partial charge in [0.15, 0.2) is 0 Å². The van der Waals surface area contributed by atoms with Crippen molar-refractivity contribution in [3.05, 3.63) is 52.4 Å². The van der Waals surface area contributed by atoms with Gasteiger partial charge in [-0.25, -0.2) is 8.78 Å². The highest BCUT2D eigenvalue weighted by Gasteiger charge is 2.49. The minimum Gasteiger partial charge on any atom is -0.461 e. The lowest BCUT2D eigenvalue weighted by Crippen LogP contribution is -2.43. The Labute approximate surface area is 236 Å². The van der Waals surface area contributed by atoms with E-state index in [9.17, 15) is 8.78 Å². The summed E-state index contributed by atoms with van der Waals surface area (Å²) in [5.74, 6) is 0.392. The molecule has 0 amide bonds. The summed E-state index contributed by atoms with van der Waals surface area (Å²) in [6, 6.07) is 6.13. The van der Waals surface area contributed by atoms with Gasteiger partial charge in [-0.3, -0.25) is 10.00 Å². The summed E-state index contributed by atoms with van der Waals surface area (Å²) < 4.78 is 35.0. The largest absolute Gasteiger partial charge is 0.461 e. The third kappa shape index (κ3) is 4.21. The van der Waals surface area contributed by atoms with Crippen LogP contribution in [0.1, 0.15) is 36.8 Å². The highest BCUT2D eigenvalue weighted by Crippen LogP contribution is 2.42. The number of benzene rings is 2. The lowest BCUT2D eigenvalue weighted by Gasteiger charge is -2.31. The maximum Gasteiger partial charge on any atom is 0.319 e. The number of hydrogen-bond donors (Lipinski definition) is 1. The van der Waals surface area contributed by atoms with Gasteiger partial charge in [0.2, 0.25) is 0 Å². The fraction of sp³-hybridized carbons (Fsp3) is 0.433. The molecule has 1 N–H and O–H groups in total. The number of H-pyrrole nitrogens is 1. The normalized spacial score (nSPS) is 23.3. The molecule has 4 aromatic rings. The van der Waals surface area contributed by atoms with Gasteiger partial charge >= 0.3 is 6.01 Å². The summed E-state index contributed by atoms with van der Waals surface area (Å²) in [5, 5.41) is 9.58. The van der Waals surface area contributed by atoms with E-state index in [4.69, 9.17) is 26.3 Å². The molecule has 2 aromatic carbocycles. The number of aryl methyl sites for hydroxylation is 1. The molecule has 5 heterocycles. The van der Waals surface area contributed by atoms with Gasteiger partial charge in [0, 0.05) is 40.9 Å². The molecule has 2 unspecified atom stereocenters. The Balaban J connectivity index is 1.35. The quantitative estimate of drug-likeness (QED) is 0.300. The predicted molar refractivity (Wildman–Crippen MR) is 154 cm³/mol.